The van der Waals surface area contributed by atoms with Gasteiger partial charge in [0, 0.05) is 33.3 Å². The van der Waals surface area contributed by atoms with E-state index in [2.05, 4.69) is 198 Å². The van der Waals surface area contributed by atoms with Crippen molar-refractivity contribution in [1.29, 1.82) is 0 Å². The van der Waals surface area contributed by atoms with Crippen LogP contribution in [0.15, 0.2) is 152 Å². The molecule has 11 rings (SSSR count). The van der Waals surface area contributed by atoms with Crippen molar-refractivity contribution in [2.75, 3.05) is 4.90 Å². The van der Waals surface area contributed by atoms with Crippen molar-refractivity contribution in [3.63, 3.8) is 0 Å². The minimum Gasteiger partial charge on any atom is -0.310 e. The summed E-state index contributed by atoms with van der Waals surface area (Å²) in [6.07, 6.45) is 0. The predicted octanol–water partition coefficient (Wildman–Crippen LogP) is 14.4. The minimum atomic E-state index is -0.141. The van der Waals surface area contributed by atoms with Gasteiger partial charge in [-0.1, -0.05) is 126 Å². The van der Waals surface area contributed by atoms with Crippen LogP contribution in [0.4, 0.5) is 17.1 Å². The summed E-state index contributed by atoms with van der Waals surface area (Å²) in [6, 6.07) is 57.5. The Morgan fingerprint density at radius 2 is 0.741 bits per heavy atom. The predicted molar refractivity (Wildman–Crippen MR) is 229 cm³/mol. The lowest BCUT2D eigenvalue weighted by atomic mass is 9.77. The smallest absolute Gasteiger partial charge is 0.0468 e. The van der Waals surface area contributed by atoms with E-state index in [9.17, 15) is 0 Å². The van der Waals surface area contributed by atoms with Gasteiger partial charge in [-0.3, -0.25) is 0 Å². The van der Waals surface area contributed by atoms with Crippen molar-refractivity contribution in [2.24, 2.45) is 0 Å². The molecule has 0 atom stereocenters. The average molecular weight is 694 g/mol. The molecule has 0 unspecified atom stereocenters. The van der Waals surface area contributed by atoms with Gasteiger partial charge in [0.2, 0.25) is 0 Å². The molecule has 0 bridgehead atoms. The molecule has 3 aliphatic rings. The summed E-state index contributed by atoms with van der Waals surface area (Å²) in [6.45, 7) is 14.4. The second-order valence-electron chi connectivity index (χ2n) is 17.4. The van der Waals surface area contributed by atoms with Gasteiger partial charge in [0.15, 0.2) is 0 Å². The standard InChI is InChI=1S/C53H43N/c1-51(2)45-19-13-12-18-39(45)43-30-44-40-23-22-38(29-48(40)53(5,6)50(44)31-49(43)51)54(36-16-8-7-9-17-36)37-21-20-34-26-42-41-25-32-14-10-11-15-33(32)27-46(41)52(3,4)47(42)28-35(34)24-37/h7-31H,1-6H3. The third-order valence-electron chi connectivity index (χ3n) is 13.4. The van der Waals surface area contributed by atoms with Gasteiger partial charge in [0.25, 0.3) is 0 Å². The van der Waals surface area contributed by atoms with Crippen molar-refractivity contribution in [3.8, 4) is 33.4 Å². The van der Waals surface area contributed by atoms with Crippen molar-refractivity contribution in [2.45, 2.75) is 57.8 Å². The number of fused-ring (bicyclic) bond motifs is 11. The van der Waals surface area contributed by atoms with Gasteiger partial charge < -0.3 is 4.90 Å². The Bertz CT molecular complexity index is 2900. The van der Waals surface area contributed by atoms with Crippen molar-refractivity contribution >= 4 is 38.6 Å². The molecule has 0 amide bonds. The van der Waals surface area contributed by atoms with E-state index < -0.39 is 0 Å². The lowest BCUT2D eigenvalue weighted by Gasteiger charge is -2.29. The Kier molecular flexibility index (Phi) is 6.21. The zero-order chi connectivity index (χ0) is 36.7. The van der Waals surface area contributed by atoms with E-state index >= 15 is 0 Å². The lowest BCUT2D eigenvalue weighted by molar-refractivity contribution is 0.639. The van der Waals surface area contributed by atoms with Crippen molar-refractivity contribution in [3.05, 3.63) is 185 Å². The fourth-order valence-electron chi connectivity index (χ4n) is 10.4. The first-order valence-electron chi connectivity index (χ1n) is 19.4. The molecule has 54 heavy (non-hydrogen) atoms. The summed E-state index contributed by atoms with van der Waals surface area (Å²) >= 11 is 0. The van der Waals surface area contributed by atoms with Crippen LogP contribution in [0.5, 0.6) is 0 Å². The first kappa shape index (κ1) is 31.6. The first-order valence-corrected chi connectivity index (χ1v) is 19.4. The van der Waals surface area contributed by atoms with Crippen LogP contribution in [0.1, 0.15) is 74.9 Å². The van der Waals surface area contributed by atoms with Gasteiger partial charge in [-0.2, -0.15) is 0 Å². The minimum absolute atomic E-state index is 0.0244. The number of hydrogen-bond acceptors (Lipinski definition) is 1. The van der Waals surface area contributed by atoms with E-state index in [-0.39, 0.29) is 16.2 Å². The van der Waals surface area contributed by atoms with E-state index in [0.29, 0.717) is 0 Å². The Morgan fingerprint density at radius 3 is 1.44 bits per heavy atom. The van der Waals surface area contributed by atoms with Crippen LogP contribution < -0.4 is 4.90 Å². The molecule has 260 valence electrons. The quantitative estimate of drug-likeness (QED) is 0.178. The molecule has 8 aromatic carbocycles. The normalized spacial score (nSPS) is 16.0. The second kappa shape index (κ2) is 10.6. The van der Waals surface area contributed by atoms with E-state index in [0.717, 1.165) is 5.69 Å². The third-order valence-corrected chi connectivity index (χ3v) is 13.4. The fourth-order valence-corrected chi connectivity index (χ4v) is 10.4. The van der Waals surface area contributed by atoms with E-state index in [1.54, 1.807) is 0 Å². The third kappa shape index (κ3) is 4.16. The molecular weight excluding hydrogens is 651 g/mol. The molecule has 0 aromatic heterocycles. The maximum atomic E-state index is 2.53. The molecule has 0 radical (unpaired) electrons. The Morgan fingerprint density at radius 1 is 0.278 bits per heavy atom. The van der Waals surface area contributed by atoms with Gasteiger partial charge in [0.05, 0.1) is 0 Å². The monoisotopic (exact) mass is 693 g/mol. The average Bonchev–Trinajstić information content (AvgIpc) is 3.64. The van der Waals surface area contributed by atoms with Crippen LogP contribution in [0.3, 0.4) is 0 Å². The zero-order valence-corrected chi connectivity index (χ0v) is 31.9. The molecule has 1 heteroatoms. The van der Waals surface area contributed by atoms with Gasteiger partial charge in [-0.15, -0.1) is 0 Å². The molecule has 3 aliphatic carbocycles. The van der Waals surface area contributed by atoms with E-state index in [1.165, 1.54) is 99.7 Å². The molecule has 0 N–H and O–H groups in total. The van der Waals surface area contributed by atoms with Gasteiger partial charge in [0.1, 0.15) is 0 Å². The molecule has 0 spiro atoms. The second-order valence-corrected chi connectivity index (χ2v) is 17.4. The lowest BCUT2D eigenvalue weighted by Crippen LogP contribution is -2.19. The largest absolute Gasteiger partial charge is 0.310 e. The summed E-state index contributed by atoms with van der Waals surface area (Å²) in [5, 5.41) is 5.14. The SMILES string of the molecule is CC1(C)c2ccccc2-c2cc3c(cc21)C(C)(C)c1cc(N(c2ccccc2)c2ccc4cc5c(cc4c2)C(C)(C)c2cc4ccccc4cc2-5)ccc1-3. The summed E-state index contributed by atoms with van der Waals surface area (Å²) in [7, 11) is 0. The first-order chi connectivity index (χ1) is 26.0. The van der Waals surface area contributed by atoms with E-state index in [4.69, 9.17) is 0 Å². The molecule has 1 nitrogen and oxygen atoms in total. The number of rotatable bonds is 3. The van der Waals surface area contributed by atoms with Gasteiger partial charge in [-0.05, 0) is 155 Å². The number of anilines is 3. The Labute approximate surface area is 318 Å². The van der Waals surface area contributed by atoms with Crippen LogP contribution >= 0.6 is 0 Å². The molecule has 0 aliphatic heterocycles. The fraction of sp³-hybridized carbons (Fsp3) is 0.170. The van der Waals surface area contributed by atoms with Crippen LogP contribution in [0, 0.1) is 0 Å². The zero-order valence-electron chi connectivity index (χ0n) is 31.9. The number of hydrogen-bond donors (Lipinski definition) is 0. The van der Waals surface area contributed by atoms with Crippen molar-refractivity contribution < 1.29 is 0 Å². The number of benzene rings is 8. The van der Waals surface area contributed by atoms with Gasteiger partial charge in [-0.25, -0.2) is 0 Å². The molecule has 0 saturated heterocycles. The van der Waals surface area contributed by atoms with Crippen LogP contribution in [0.2, 0.25) is 0 Å². The summed E-state index contributed by atoms with van der Waals surface area (Å²) in [4.78, 5) is 2.44. The maximum Gasteiger partial charge on any atom is 0.0468 e. The van der Waals surface area contributed by atoms with Gasteiger partial charge >= 0.3 is 0 Å². The Hall–Kier alpha value is -5.92. The van der Waals surface area contributed by atoms with Crippen LogP contribution in [-0.2, 0) is 16.2 Å². The molecule has 0 heterocycles. The van der Waals surface area contributed by atoms with Crippen molar-refractivity contribution in [1.82, 2.24) is 0 Å². The maximum absolute atomic E-state index is 2.53. The summed E-state index contributed by atoms with van der Waals surface area (Å²) in [5.74, 6) is 0. The molecular formula is C53H43N. The highest BCUT2D eigenvalue weighted by Gasteiger charge is 2.42. The molecule has 0 fully saturated rings. The highest BCUT2D eigenvalue weighted by atomic mass is 15.1. The highest BCUT2D eigenvalue weighted by Crippen LogP contribution is 2.57. The highest BCUT2D eigenvalue weighted by molar-refractivity contribution is 6.00. The molecule has 0 saturated carbocycles. The Balaban J connectivity index is 1.05. The van der Waals surface area contributed by atoms with E-state index in [1.807, 2.05) is 0 Å². The molecule has 8 aromatic rings. The number of nitrogens with zero attached hydrogens (tertiary/aromatic N) is 1. The topological polar surface area (TPSA) is 3.24 Å². The number of para-hydroxylation sites is 1. The van der Waals surface area contributed by atoms with Crippen LogP contribution in [0.25, 0.3) is 54.9 Å². The summed E-state index contributed by atoms with van der Waals surface area (Å²) < 4.78 is 0. The summed E-state index contributed by atoms with van der Waals surface area (Å²) in [5.41, 5.74) is 20.0. The van der Waals surface area contributed by atoms with Crippen LogP contribution in [-0.4, -0.2) is 0 Å².